The highest BCUT2D eigenvalue weighted by Gasteiger charge is 2.25. The standard InChI is InChI=1S/C16H16N2O.C6H6FN.C2H4O.CH2O/c1-11-7-8-13-14(9-11)18-16(19)15(17-13)10-12-5-3-2-4-6-12;7-5-2-1-3-6(8)4-5;1-2-3;1-2/h2-9,15,17H,10H2,1H3,(H,18,19);1-4H,8H2;2H,1H3;1H2. The van der Waals surface area contributed by atoms with Crippen molar-refractivity contribution in [3.63, 3.8) is 0 Å². The Labute approximate surface area is 187 Å². The molecule has 0 aromatic heterocycles. The fourth-order valence-corrected chi connectivity index (χ4v) is 2.86. The molecule has 7 heteroatoms. The number of amides is 1. The van der Waals surface area contributed by atoms with E-state index in [9.17, 15) is 9.18 Å². The average Bonchev–Trinajstić information content (AvgIpc) is 2.77. The molecule has 0 fully saturated rings. The van der Waals surface area contributed by atoms with Crippen LogP contribution in [0.4, 0.5) is 21.5 Å². The van der Waals surface area contributed by atoms with Crippen LogP contribution >= 0.6 is 0 Å². The van der Waals surface area contributed by atoms with Crippen molar-refractivity contribution >= 4 is 36.0 Å². The third-order valence-corrected chi connectivity index (χ3v) is 4.21. The monoisotopic (exact) mass is 437 g/mol. The predicted octanol–water partition coefficient (Wildman–Crippen LogP) is 4.40. The molecule has 4 N–H and O–H groups in total. The van der Waals surface area contributed by atoms with Crippen molar-refractivity contribution in [1.82, 2.24) is 0 Å². The van der Waals surface area contributed by atoms with Crippen molar-refractivity contribution in [2.75, 3.05) is 16.4 Å². The summed E-state index contributed by atoms with van der Waals surface area (Å²) in [5, 5.41) is 6.28. The molecule has 1 amide bonds. The number of hydrogen-bond donors (Lipinski definition) is 3. The number of fused-ring (bicyclic) bond motifs is 1. The first-order chi connectivity index (χ1) is 15.4. The Morgan fingerprint density at radius 3 is 2.22 bits per heavy atom. The van der Waals surface area contributed by atoms with Gasteiger partial charge in [0.05, 0.1) is 11.4 Å². The maximum absolute atomic E-state index is 12.1. The summed E-state index contributed by atoms with van der Waals surface area (Å²) in [6, 6.07) is 21.7. The summed E-state index contributed by atoms with van der Waals surface area (Å²) in [6.45, 7) is 5.46. The van der Waals surface area contributed by atoms with Gasteiger partial charge in [0.1, 0.15) is 24.9 Å². The lowest BCUT2D eigenvalue weighted by Crippen LogP contribution is -2.40. The molecule has 1 aliphatic heterocycles. The summed E-state index contributed by atoms with van der Waals surface area (Å²) in [4.78, 5) is 28.9. The Hall–Kier alpha value is -4.00. The fourth-order valence-electron chi connectivity index (χ4n) is 2.86. The highest BCUT2D eigenvalue weighted by atomic mass is 19.1. The molecule has 1 unspecified atom stereocenters. The van der Waals surface area contributed by atoms with Gasteiger partial charge in [0.25, 0.3) is 0 Å². The Kier molecular flexibility index (Phi) is 11.5. The Morgan fingerprint density at radius 1 is 1.00 bits per heavy atom. The molecule has 32 heavy (non-hydrogen) atoms. The zero-order chi connectivity index (χ0) is 23.9. The highest BCUT2D eigenvalue weighted by Crippen LogP contribution is 2.28. The number of benzene rings is 3. The van der Waals surface area contributed by atoms with Crippen molar-refractivity contribution < 1.29 is 18.8 Å². The number of hydrogen-bond acceptors (Lipinski definition) is 5. The minimum absolute atomic E-state index is 0.0296. The molecule has 0 saturated carbocycles. The van der Waals surface area contributed by atoms with E-state index in [0.29, 0.717) is 12.1 Å². The van der Waals surface area contributed by atoms with Gasteiger partial charge >= 0.3 is 0 Å². The summed E-state index contributed by atoms with van der Waals surface area (Å²) in [6.07, 6.45) is 1.44. The summed E-state index contributed by atoms with van der Waals surface area (Å²) in [5.41, 5.74) is 9.84. The fraction of sp³-hybridized carbons (Fsp3) is 0.160. The quantitative estimate of drug-likeness (QED) is 0.408. The van der Waals surface area contributed by atoms with Gasteiger partial charge in [-0.25, -0.2) is 4.39 Å². The Bertz CT molecular complexity index is 979. The summed E-state index contributed by atoms with van der Waals surface area (Å²) in [7, 11) is 0. The van der Waals surface area contributed by atoms with Crippen molar-refractivity contribution in [2.45, 2.75) is 26.3 Å². The van der Waals surface area contributed by atoms with Gasteiger partial charge in [-0.2, -0.15) is 0 Å². The minimum atomic E-state index is -0.287. The molecule has 0 aliphatic carbocycles. The number of nitrogens with two attached hydrogens (primary N) is 1. The predicted molar refractivity (Wildman–Crippen MR) is 127 cm³/mol. The van der Waals surface area contributed by atoms with Gasteiger partial charge in [-0.1, -0.05) is 42.5 Å². The smallest absolute Gasteiger partial charge is 0.247 e. The average molecular weight is 438 g/mol. The lowest BCUT2D eigenvalue weighted by molar-refractivity contribution is -0.117. The van der Waals surface area contributed by atoms with E-state index in [-0.39, 0.29) is 17.8 Å². The van der Waals surface area contributed by atoms with Gasteiger partial charge < -0.3 is 26.0 Å². The third-order valence-electron chi connectivity index (χ3n) is 4.21. The molecule has 0 bridgehead atoms. The van der Waals surface area contributed by atoms with Crippen molar-refractivity contribution in [1.29, 1.82) is 0 Å². The number of carbonyl (C=O) groups excluding carboxylic acids is 3. The van der Waals surface area contributed by atoms with E-state index in [1.165, 1.54) is 19.1 Å². The number of carbonyl (C=O) groups is 3. The van der Waals surface area contributed by atoms with Crippen LogP contribution in [-0.2, 0) is 20.8 Å². The number of halogens is 1. The van der Waals surface area contributed by atoms with E-state index in [2.05, 4.69) is 10.6 Å². The maximum Gasteiger partial charge on any atom is 0.247 e. The van der Waals surface area contributed by atoms with Gasteiger partial charge in [-0.3, -0.25) is 4.79 Å². The topological polar surface area (TPSA) is 101 Å². The highest BCUT2D eigenvalue weighted by molar-refractivity contribution is 6.03. The first-order valence-electron chi connectivity index (χ1n) is 9.84. The zero-order valence-corrected chi connectivity index (χ0v) is 18.2. The van der Waals surface area contributed by atoms with E-state index < -0.39 is 0 Å². The molecule has 168 valence electrons. The second kappa shape index (κ2) is 14.1. The number of aldehydes is 1. The van der Waals surface area contributed by atoms with E-state index in [1.807, 2.05) is 62.2 Å². The lowest BCUT2D eigenvalue weighted by Gasteiger charge is -2.27. The van der Waals surface area contributed by atoms with Crippen molar-refractivity contribution in [3.8, 4) is 0 Å². The van der Waals surface area contributed by atoms with Crippen LogP contribution in [0.25, 0.3) is 0 Å². The normalized spacial score (nSPS) is 13.1. The largest absolute Gasteiger partial charge is 0.399 e. The van der Waals surface area contributed by atoms with Gasteiger partial charge in [0.2, 0.25) is 5.91 Å². The maximum atomic E-state index is 12.1. The third kappa shape index (κ3) is 8.79. The van der Waals surface area contributed by atoms with Crippen LogP contribution in [0, 0.1) is 12.7 Å². The van der Waals surface area contributed by atoms with E-state index >= 15 is 0 Å². The molecule has 1 aliphatic rings. The molecule has 0 spiro atoms. The van der Waals surface area contributed by atoms with Crippen LogP contribution in [0.3, 0.4) is 0 Å². The first kappa shape index (κ1) is 26.0. The summed E-state index contributed by atoms with van der Waals surface area (Å²) < 4.78 is 12.1. The van der Waals surface area contributed by atoms with Crippen LogP contribution < -0.4 is 16.4 Å². The van der Waals surface area contributed by atoms with Gasteiger partial charge in [-0.05, 0) is 55.3 Å². The number of nitrogens with one attached hydrogen (secondary N) is 2. The number of nitrogen functional groups attached to an aromatic ring is 1. The summed E-state index contributed by atoms with van der Waals surface area (Å²) >= 11 is 0. The van der Waals surface area contributed by atoms with Crippen molar-refractivity contribution in [3.05, 3.63) is 89.7 Å². The molecule has 3 aromatic rings. The van der Waals surface area contributed by atoms with Crippen LogP contribution in [0.1, 0.15) is 18.1 Å². The SMILES string of the molecule is C=O.CC=O.Cc1ccc2c(c1)NC(=O)C(Cc1ccccc1)N2.Nc1cccc(F)c1. The Morgan fingerprint density at radius 2 is 1.66 bits per heavy atom. The molecule has 4 rings (SSSR count). The second-order valence-corrected chi connectivity index (χ2v) is 6.72. The van der Waals surface area contributed by atoms with E-state index in [1.54, 1.807) is 12.1 Å². The second-order valence-electron chi connectivity index (χ2n) is 6.72. The Balaban J connectivity index is 0.000000328. The molecule has 1 atom stereocenters. The molecule has 0 saturated heterocycles. The van der Waals surface area contributed by atoms with Crippen molar-refractivity contribution in [2.24, 2.45) is 0 Å². The zero-order valence-electron chi connectivity index (χ0n) is 18.2. The van der Waals surface area contributed by atoms with Crippen LogP contribution in [-0.4, -0.2) is 25.0 Å². The molecule has 3 aromatic carbocycles. The lowest BCUT2D eigenvalue weighted by atomic mass is 10.0. The summed E-state index contributed by atoms with van der Waals surface area (Å²) in [5.74, 6) is -0.257. The molecule has 1 heterocycles. The molecule has 0 radical (unpaired) electrons. The van der Waals surface area contributed by atoms with Crippen LogP contribution in [0.5, 0.6) is 0 Å². The van der Waals surface area contributed by atoms with Crippen LogP contribution in [0.2, 0.25) is 0 Å². The van der Waals surface area contributed by atoms with E-state index in [4.69, 9.17) is 15.3 Å². The molecular weight excluding hydrogens is 409 g/mol. The van der Waals surface area contributed by atoms with E-state index in [0.717, 1.165) is 28.8 Å². The molecule has 6 nitrogen and oxygen atoms in total. The van der Waals surface area contributed by atoms with Gasteiger partial charge in [0, 0.05) is 12.1 Å². The molecular formula is C25H28FN3O3. The first-order valence-corrected chi connectivity index (χ1v) is 9.84. The van der Waals surface area contributed by atoms with Gasteiger partial charge in [0.15, 0.2) is 0 Å². The number of aryl methyl sites for hydroxylation is 1. The van der Waals surface area contributed by atoms with Crippen LogP contribution in [0.15, 0.2) is 72.8 Å². The number of rotatable bonds is 2. The number of anilines is 3. The van der Waals surface area contributed by atoms with Gasteiger partial charge in [-0.15, -0.1) is 0 Å². The minimum Gasteiger partial charge on any atom is -0.399 e.